The van der Waals surface area contributed by atoms with Gasteiger partial charge in [0.1, 0.15) is 28.4 Å². The third kappa shape index (κ3) is 3.34. The lowest BCUT2D eigenvalue weighted by molar-refractivity contribution is 0.411. The summed E-state index contributed by atoms with van der Waals surface area (Å²) in [6.45, 7) is 2.74. The highest BCUT2D eigenvalue weighted by Crippen LogP contribution is 2.36. The van der Waals surface area contributed by atoms with Crippen molar-refractivity contribution >= 4 is 43.9 Å². The summed E-state index contributed by atoms with van der Waals surface area (Å²) in [7, 11) is 1.63. The van der Waals surface area contributed by atoms with Gasteiger partial charge in [-0.05, 0) is 30.7 Å². The van der Waals surface area contributed by atoms with E-state index >= 15 is 0 Å². The molecule has 7 nitrogen and oxygen atoms in total. The summed E-state index contributed by atoms with van der Waals surface area (Å²) in [5, 5.41) is 1.33. The fourth-order valence-corrected chi connectivity index (χ4v) is 4.52. The maximum atomic E-state index is 6.10. The Hall–Kier alpha value is -3.23. The summed E-state index contributed by atoms with van der Waals surface area (Å²) in [5.74, 6) is 1.19. The Balaban J connectivity index is 1.46. The molecule has 0 fully saturated rings. The molecule has 0 amide bonds. The number of methoxy groups -OCH3 is 1. The summed E-state index contributed by atoms with van der Waals surface area (Å²) >= 11 is 7.70. The number of anilines is 1. The number of fused-ring (bicyclic) bond motifs is 1. The zero-order chi connectivity index (χ0) is 20.7. The predicted molar refractivity (Wildman–Crippen MR) is 118 cm³/mol. The van der Waals surface area contributed by atoms with Gasteiger partial charge in [0, 0.05) is 17.8 Å². The quantitative estimate of drug-likeness (QED) is 0.405. The van der Waals surface area contributed by atoms with Crippen LogP contribution in [0.1, 0.15) is 12.5 Å². The van der Waals surface area contributed by atoms with Crippen LogP contribution in [0.5, 0.6) is 5.75 Å². The minimum Gasteiger partial charge on any atom is -0.494 e. The van der Waals surface area contributed by atoms with Crippen LogP contribution in [0.25, 0.3) is 27.4 Å². The number of allylic oxidation sites excluding steroid dienone is 3. The average Bonchev–Trinajstić information content (AvgIpc) is 3.43. The Kier molecular flexibility index (Phi) is 4.72. The van der Waals surface area contributed by atoms with E-state index in [1.165, 1.54) is 6.26 Å². The van der Waals surface area contributed by atoms with Crippen LogP contribution in [0, 0.1) is 0 Å². The molecule has 0 atom stereocenters. The molecule has 150 valence electrons. The van der Waals surface area contributed by atoms with Gasteiger partial charge in [0.15, 0.2) is 5.13 Å². The second-order valence-electron chi connectivity index (χ2n) is 6.63. The second kappa shape index (κ2) is 7.55. The number of rotatable bonds is 4. The Morgan fingerprint density at radius 3 is 2.87 bits per heavy atom. The van der Waals surface area contributed by atoms with Crippen molar-refractivity contribution in [3.63, 3.8) is 0 Å². The van der Waals surface area contributed by atoms with Crippen LogP contribution in [-0.4, -0.2) is 33.6 Å². The van der Waals surface area contributed by atoms with Crippen molar-refractivity contribution < 1.29 is 9.15 Å². The Morgan fingerprint density at radius 2 is 2.10 bits per heavy atom. The maximum absolute atomic E-state index is 6.10. The van der Waals surface area contributed by atoms with Crippen molar-refractivity contribution in [2.24, 2.45) is 0 Å². The highest BCUT2D eigenvalue weighted by molar-refractivity contribution is 7.22. The van der Waals surface area contributed by atoms with Crippen molar-refractivity contribution in [1.82, 2.24) is 19.9 Å². The van der Waals surface area contributed by atoms with Gasteiger partial charge in [-0.3, -0.25) is 0 Å². The summed E-state index contributed by atoms with van der Waals surface area (Å²) in [4.78, 5) is 19.6. The highest BCUT2D eigenvalue weighted by atomic mass is 35.5. The minimum atomic E-state index is 0.431. The normalized spacial score (nSPS) is 14.0. The number of ether oxygens (including phenoxy) is 1. The van der Waals surface area contributed by atoms with Crippen LogP contribution in [0.3, 0.4) is 0 Å². The molecule has 5 rings (SSSR count). The molecular weight excluding hydrogens is 422 g/mol. The number of oxazole rings is 1. The Morgan fingerprint density at radius 1 is 1.20 bits per heavy atom. The summed E-state index contributed by atoms with van der Waals surface area (Å²) < 4.78 is 11.8. The lowest BCUT2D eigenvalue weighted by atomic mass is 10.0. The molecule has 0 N–H and O–H groups in total. The van der Waals surface area contributed by atoms with Gasteiger partial charge in [0.2, 0.25) is 5.89 Å². The van der Waals surface area contributed by atoms with Crippen LogP contribution in [-0.2, 0) is 0 Å². The molecule has 0 saturated heterocycles. The number of halogens is 1. The van der Waals surface area contributed by atoms with Gasteiger partial charge < -0.3 is 14.1 Å². The standard InChI is InChI=1S/C21H16ClN5O2S/c1-12-7-13(14-8-19(22)25-11-17(14)28-2)3-5-27(12)21-26-16-10-24-15(9-18(16)30-21)20-23-4-6-29-20/h3-4,6-11H,5H2,1-2H3. The van der Waals surface area contributed by atoms with E-state index in [9.17, 15) is 0 Å². The van der Waals surface area contributed by atoms with E-state index in [4.69, 9.17) is 25.7 Å². The monoisotopic (exact) mass is 437 g/mol. The van der Waals surface area contributed by atoms with Crippen molar-refractivity contribution in [3.05, 3.63) is 65.6 Å². The third-order valence-corrected chi connectivity index (χ3v) is 6.04. The van der Waals surface area contributed by atoms with E-state index in [0.717, 1.165) is 32.2 Å². The van der Waals surface area contributed by atoms with E-state index in [-0.39, 0.29) is 0 Å². The van der Waals surface area contributed by atoms with Crippen LogP contribution < -0.4 is 9.64 Å². The number of aromatic nitrogens is 4. The molecule has 1 aliphatic heterocycles. The lowest BCUT2D eigenvalue weighted by Gasteiger charge is -2.26. The molecular formula is C21H16ClN5O2S. The van der Waals surface area contributed by atoms with Gasteiger partial charge in [0.25, 0.3) is 0 Å². The fraction of sp³-hybridized carbons (Fsp3) is 0.143. The number of thiazole rings is 1. The van der Waals surface area contributed by atoms with Crippen molar-refractivity contribution in [2.45, 2.75) is 6.92 Å². The minimum absolute atomic E-state index is 0.431. The molecule has 9 heteroatoms. The van der Waals surface area contributed by atoms with Gasteiger partial charge in [0.05, 0.1) is 30.4 Å². The first-order valence-corrected chi connectivity index (χ1v) is 10.3. The molecule has 0 aromatic carbocycles. The van der Waals surface area contributed by atoms with Crippen LogP contribution >= 0.6 is 22.9 Å². The van der Waals surface area contributed by atoms with Gasteiger partial charge in [-0.15, -0.1) is 0 Å². The van der Waals surface area contributed by atoms with E-state index in [1.54, 1.807) is 37.0 Å². The third-order valence-electron chi connectivity index (χ3n) is 4.79. The molecule has 30 heavy (non-hydrogen) atoms. The number of hydrogen-bond acceptors (Lipinski definition) is 8. The van der Waals surface area contributed by atoms with Crippen LogP contribution in [0.2, 0.25) is 5.15 Å². The lowest BCUT2D eigenvalue weighted by Crippen LogP contribution is -2.23. The van der Waals surface area contributed by atoms with Crippen molar-refractivity contribution in [3.8, 4) is 17.3 Å². The highest BCUT2D eigenvalue weighted by Gasteiger charge is 2.20. The van der Waals surface area contributed by atoms with Crippen LogP contribution in [0.4, 0.5) is 5.13 Å². The molecule has 0 unspecified atom stereocenters. The smallest absolute Gasteiger partial charge is 0.245 e. The summed E-state index contributed by atoms with van der Waals surface area (Å²) in [6, 6.07) is 3.77. The molecule has 1 aliphatic rings. The Bertz CT molecular complexity index is 1300. The molecule has 0 aliphatic carbocycles. The zero-order valence-corrected chi connectivity index (χ0v) is 17.7. The molecule has 5 heterocycles. The molecule has 0 bridgehead atoms. The maximum Gasteiger partial charge on any atom is 0.245 e. The van der Waals surface area contributed by atoms with Crippen molar-refractivity contribution in [1.29, 1.82) is 0 Å². The van der Waals surface area contributed by atoms with E-state index in [0.29, 0.717) is 29.0 Å². The molecule has 4 aromatic rings. The van der Waals surface area contributed by atoms with Crippen molar-refractivity contribution in [2.75, 3.05) is 18.6 Å². The van der Waals surface area contributed by atoms with E-state index in [1.807, 2.05) is 12.1 Å². The van der Waals surface area contributed by atoms with Gasteiger partial charge in [-0.2, -0.15) is 0 Å². The molecule has 4 aromatic heterocycles. The van der Waals surface area contributed by atoms with Gasteiger partial charge >= 0.3 is 0 Å². The second-order valence-corrected chi connectivity index (χ2v) is 8.03. The summed E-state index contributed by atoms with van der Waals surface area (Å²) in [5.41, 5.74) is 4.56. The SMILES string of the molecule is COc1cnc(Cl)cc1C1=CCN(c2nc3cnc(-c4ncco4)cc3s2)C(C)=C1. The largest absolute Gasteiger partial charge is 0.494 e. The first-order chi connectivity index (χ1) is 14.6. The fourth-order valence-electron chi connectivity index (χ4n) is 3.32. The average molecular weight is 438 g/mol. The first kappa shape index (κ1) is 18.8. The van der Waals surface area contributed by atoms with E-state index in [2.05, 4.69) is 38.9 Å². The van der Waals surface area contributed by atoms with Gasteiger partial charge in [-0.25, -0.2) is 19.9 Å². The topological polar surface area (TPSA) is 77.2 Å². The molecule has 0 saturated carbocycles. The predicted octanol–water partition coefficient (Wildman–Crippen LogP) is 5.21. The van der Waals surface area contributed by atoms with E-state index < -0.39 is 0 Å². The number of pyridine rings is 2. The van der Waals surface area contributed by atoms with Gasteiger partial charge in [-0.1, -0.05) is 29.0 Å². The zero-order valence-electron chi connectivity index (χ0n) is 16.2. The summed E-state index contributed by atoms with van der Waals surface area (Å²) in [6.07, 6.45) is 10.8. The Labute approximate surface area is 181 Å². The first-order valence-electron chi connectivity index (χ1n) is 9.15. The molecule has 0 radical (unpaired) electrons. The molecule has 0 spiro atoms. The number of nitrogens with zero attached hydrogens (tertiary/aromatic N) is 5. The van der Waals surface area contributed by atoms with Crippen LogP contribution in [0.15, 0.2) is 59.3 Å². The number of hydrogen-bond donors (Lipinski definition) is 0.